The summed E-state index contributed by atoms with van der Waals surface area (Å²) in [6, 6.07) is 13.0. The molecule has 2 aromatic carbocycles. The number of nitrogens with one attached hydrogen (secondary N) is 1. The van der Waals surface area contributed by atoms with Gasteiger partial charge >= 0.3 is 5.97 Å². The zero-order valence-corrected chi connectivity index (χ0v) is 16.6. The Balaban J connectivity index is 1.54. The number of hydrogen-bond donors (Lipinski definition) is 1. The van der Waals surface area contributed by atoms with Crippen LogP contribution in [0, 0.1) is 5.82 Å². The summed E-state index contributed by atoms with van der Waals surface area (Å²) in [5.41, 5.74) is 2.46. The SMILES string of the molecule is CC(=O)On1ccc2ncnc(Nc3ccc(OCc4cccc(F)c4)c(Cl)c3)c21. The molecule has 7 nitrogen and oxygen atoms in total. The summed E-state index contributed by atoms with van der Waals surface area (Å²) in [6.07, 6.45) is 2.99. The highest BCUT2D eigenvalue weighted by molar-refractivity contribution is 6.32. The number of ether oxygens (including phenoxy) is 1. The van der Waals surface area contributed by atoms with Crippen LogP contribution in [0.5, 0.6) is 5.75 Å². The van der Waals surface area contributed by atoms with Gasteiger partial charge in [-0.3, -0.25) is 0 Å². The van der Waals surface area contributed by atoms with Gasteiger partial charge in [0.15, 0.2) is 5.82 Å². The van der Waals surface area contributed by atoms with Crippen LogP contribution in [0.2, 0.25) is 5.02 Å². The van der Waals surface area contributed by atoms with Crippen molar-refractivity contribution in [2.24, 2.45) is 0 Å². The van der Waals surface area contributed by atoms with Crippen molar-refractivity contribution < 1.29 is 18.8 Å². The van der Waals surface area contributed by atoms with Crippen molar-refractivity contribution in [1.82, 2.24) is 14.7 Å². The average Bonchev–Trinajstić information content (AvgIpc) is 3.11. The minimum absolute atomic E-state index is 0.187. The molecule has 4 aromatic rings. The Morgan fingerprint density at radius 3 is 2.83 bits per heavy atom. The van der Waals surface area contributed by atoms with Gasteiger partial charge in [0.1, 0.15) is 30.0 Å². The summed E-state index contributed by atoms with van der Waals surface area (Å²) in [5.74, 6) is 0.111. The van der Waals surface area contributed by atoms with E-state index >= 15 is 0 Å². The average molecular weight is 427 g/mol. The van der Waals surface area contributed by atoms with Crippen LogP contribution < -0.4 is 14.9 Å². The van der Waals surface area contributed by atoms with Crippen molar-refractivity contribution in [3.05, 3.63) is 77.5 Å². The second kappa shape index (κ2) is 8.38. The molecule has 0 spiro atoms. The van der Waals surface area contributed by atoms with Crippen molar-refractivity contribution in [3.8, 4) is 5.75 Å². The smallest absolute Gasteiger partial charge is 0.329 e. The maximum Gasteiger partial charge on any atom is 0.329 e. The Morgan fingerprint density at radius 2 is 2.07 bits per heavy atom. The van der Waals surface area contributed by atoms with E-state index in [2.05, 4.69) is 15.3 Å². The second-order valence-electron chi connectivity index (χ2n) is 6.37. The topological polar surface area (TPSA) is 78.3 Å². The van der Waals surface area contributed by atoms with Gasteiger partial charge in [-0.05, 0) is 42.0 Å². The number of hydrogen-bond acceptors (Lipinski definition) is 6. The molecule has 0 radical (unpaired) electrons. The van der Waals surface area contributed by atoms with E-state index in [1.807, 2.05) is 0 Å². The Labute approximate surface area is 176 Å². The fourth-order valence-corrected chi connectivity index (χ4v) is 3.11. The van der Waals surface area contributed by atoms with Crippen LogP contribution in [0.1, 0.15) is 12.5 Å². The first kappa shape index (κ1) is 19.7. The highest BCUT2D eigenvalue weighted by Crippen LogP contribution is 2.31. The van der Waals surface area contributed by atoms with Crippen molar-refractivity contribution in [3.63, 3.8) is 0 Å². The number of nitrogens with zero attached hydrogens (tertiary/aromatic N) is 3. The second-order valence-corrected chi connectivity index (χ2v) is 6.78. The lowest BCUT2D eigenvalue weighted by Crippen LogP contribution is -2.16. The highest BCUT2D eigenvalue weighted by Gasteiger charge is 2.13. The monoisotopic (exact) mass is 426 g/mol. The molecular formula is C21H16ClFN4O3. The zero-order chi connectivity index (χ0) is 21.1. The molecule has 2 aromatic heterocycles. The number of halogens is 2. The molecule has 0 fully saturated rings. The maximum atomic E-state index is 13.3. The Morgan fingerprint density at radius 1 is 1.20 bits per heavy atom. The van der Waals surface area contributed by atoms with Crippen molar-refractivity contribution in [2.75, 3.05) is 5.32 Å². The lowest BCUT2D eigenvalue weighted by molar-refractivity contribution is -0.140. The first-order valence-electron chi connectivity index (χ1n) is 8.94. The molecule has 0 aliphatic rings. The van der Waals surface area contributed by atoms with Gasteiger partial charge in [0.2, 0.25) is 0 Å². The molecular weight excluding hydrogens is 411 g/mol. The minimum Gasteiger partial charge on any atom is -0.487 e. The predicted molar refractivity (Wildman–Crippen MR) is 110 cm³/mol. The van der Waals surface area contributed by atoms with E-state index < -0.39 is 5.97 Å². The molecule has 0 amide bonds. The van der Waals surface area contributed by atoms with Crippen LogP contribution in [0.25, 0.3) is 11.0 Å². The highest BCUT2D eigenvalue weighted by atomic mass is 35.5. The van der Waals surface area contributed by atoms with Gasteiger partial charge < -0.3 is 14.9 Å². The summed E-state index contributed by atoms with van der Waals surface area (Å²) in [6.45, 7) is 1.50. The molecule has 0 atom stereocenters. The number of carbonyl (C=O) groups is 1. The summed E-state index contributed by atoms with van der Waals surface area (Å²) in [4.78, 5) is 24.9. The van der Waals surface area contributed by atoms with Crippen LogP contribution in [0.4, 0.5) is 15.9 Å². The van der Waals surface area contributed by atoms with E-state index in [-0.39, 0.29) is 12.4 Å². The lowest BCUT2D eigenvalue weighted by atomic mass is 10.2. The van der Waals surface area contributed by atoms with Gasteiger partial charge in [-0.1, -0.05) is 23.7 Å². The standard InChI is InChI=1S/C21H16ClFN4O3/c1-13(28)30-27-8-7-18-20(27)21(25-12-24-18)26-16-5-6-19(17(22)10-16)29-11-14-3-2-4-15(23)9-14/h2-10,12H,11H2,1H3,(H,24,25,26). The van der Waals surface area contributed by atoms with Crippen LogP contribution in [0.15, 0.2) is 61.1 Å². The maximum absolute atomic E-state index is 13.3. The molecule has 4 rings (SSSR count). The largest absolute Gasteiger partial charge is 0.487 e. The Kier molecular flexibility index (Phi) is 5.49. The molecule has 2 heterocycles. The molecule has 152 valence electrons. The van der Waals surface area contributed by atoms with E-state index in [9.17, 15) is 9.18 Å². The van der Waals surface area contributed by atoms with Crippen LogP contribution in [-0.4, -0.2) is 20.7 Å². The Bertz CT molecular complexity index is 1230. The third-order valence-corrected chi connectivity index (χ3v) is 4.44. The van der Waals surface area contributed by atoms with Crippen LogP contribution >= 0.6 is 11.6 Å². The predicted octanol–water partition coefficient (Wildman–Crippen LogP) is 4.52. The lowest BCUT2D eigenvalue weighted by Gasteiger charge is -2.12. The van der Waals surface area contributed by atoms with Gasteiger partial charge in [0, 0.05) is 18.8 Å². The number of fused-ring (bicyclic) bond motifs is 1. The van der Waals surface area contributed by atoms with E-state index in [0.717, 1.165) is 0 Å². The molecule has 30 heavy (non-hydrogen) atoms. The van der Waals surface area contributed by atoms with E-state index in [1.165, 1.54) is 30.1 Å². The van der Waals surface area contributed by atoms with Crippen molar-refractivity contribution in [2.45, 2.75) is 13.5 Å². The fourth-order valence-electron chi connectivity index (χ4n) is 2.87. The molecule has 0 bridgehead atoms. The number of aromatic nitrogens is 3. The molecule has 0 saturated heterocycles. The summed E-state index contributed by atoms with van der Waals surface area (Å²) >= 11 is 6.34. The molecule has 9 heteroatoms. The first-order chi connectivity index (χ1) is 14.5. The van der Waals surface area contributed by atoms with Crippen LogP contribution in [0.3, 0.4) is 0 Å². The minimum atomic E-state index is -0.467. The zero-order valence-electron chi connectivity index (χ0n) is 15.8. The van der Waals surface area contributed by atoms with Gasteiger partial charge in [-0.15, -0.1) is 0 Å². The fraction of sp³-hybridized carbons (Fsp3) is 0.0952. The van der Waals surface area contributed by atoms with Crippen molar-refractivity contribution in [1.29, 1.82) is 0 Å². The Hall–Kier alpha value is -3.65. The third kappa shape index (κ3) is 4.33. The molecule has 0 saturated carbocycles. The van der Waals surface area contributed by atoms with Gasteiger partial charge in [-0.25, -0.2) is 19.2 Å². The first-order valence-corrected chi connectivity index (χ1v) is 9.32. The summed E-state index contributed by atoms with van der Waals surface area (Å²) in [7, 11) is 0. The molecule has 1 N–H and O–H groups in total. The number of carbonyl (C=O) groups excluding carboxylic acids is 1. The number of rotatable bonds is 6. The summed E-state index contributed by atoms with van der Waals surface area (Å²) < 4.78 is 20.3. The van der Waals surface area contributed by atoms with E-state index in [1.54, 1.807) is 42.6 Å². The molecule has 0 aliphatic heterocycles. The third-order valence-electron chi connectivity index (χ3n) is 4.14. The van der Waals surface area contributed by atoms with Gasteiger partial charge in [0.25, 0.3) is 0 Å². The van der Waals surface area contributed by atoms with Gasteiger partial charge in [0.05, 0.1) is 10.5 Å². The molecule has 0 unspecified atom stereocenters. The number of anilines is 2. The van der Waals surface area contributed by atoms with E-state index in [4.69, 9.17) is 21.2 Å². The van der Waals surface area contributed by atoms with Crippen molar-refractivity contribution >= 4 is 40.1 Å². The van der Waals surface area contributed by atoms with Crippen LogP contribution in [-0.2, 0) is 11.4 Å². The van der Waals surface area contributed by atoms with Gasteiger partial charge in [-0.2, -0.15) is 4.73 Å². The number of benzene rings is 2. The quantitative estimate of drug-likeness (QED) is 0.488. The normalized spacial score (nSPS) is 10.8. The summed E-state index contributed by atoms with van der Waals surface area (Å²) in [5, 5.41) is 3.52. The molecule has 0 aliphatic carbocycles. The van der Waals surface area contributed by atoms with E-state index in [0.29, 0.717) is 38.9 Å².